The van der Waals surface area contributed by atoms with Crippen LogP contribution < -0.4 is 0 Å². The van der Waals surface area contributed by atoms with Gasteiger partial charge in [-0.05, 0) is 59.2 Å². The van der Waals surface area contributed by atoms with E-state index < -0.39 is 0 Å². The molecule has 0 radical (unpaired) electrons. The Hall–Kier alpha value is -7.05. The zero-order valence-corrected chi connectivity index (χ0v) is 27.5. The van der Waals surface area contributed by atoms with Gasteiger partial charge in [0.15, 0.2) is 17.5 Å². The molecule has 0 unspecified atom stereocenters. The van der Waals surface area contributed by atoms with Gasteiger partial charge in [-0.15, -0.1) is 0 Å². The Kier molecular flexibility index (Phi) is 7.72. The fraction of sp³-hybridized carbons (Fsp3) is 0. The van der Waals surface area contributed by atoms with Crippen LogP contribution in [0.15, 0.2) is 182 Å². The summed E-state index contributed by atoms with van der Waals surface area (Å²) in [4.78, 5) is 24.6. The first-order valence-electron chi connectivity index (χ1n) is 16.8. The topological polar surface area (TPSA) is 68.9 Å². The Labute approximate surface area is 295 Å². The second-order valence-corrected chi connectivity index (χ2v) is 12.3. The lowest BCUT2D eigenvalue weighted by molar-refractivity contribution is 1.07. The predicted molar refractivity (Wildman–Crippen MR) is 204 cm³/mol. The van der Waals surface area contributed by atoms with Crippen LogP contribution in [0.4, 0.5) is 0 Å². The van der Waals surface area contributed by atoms with E-state index in [1.165, 1.54) is 0 Å². The van der Waals surface area contributed by atoms with Gasteiger partial charge in [-0.3, -0.25) is 9.38 Å². The van der Waals surface area contributed by atoms with Crippen molar-refractivity contribution in [1.29, 1.82) is 0 Å². The second-order valence-electron chi connectivity index (χ2n) is 12.3. The van der Waals surface area contributed by atoms with Crippen molar-refractivity contribution in [3.05, 3.63) is 182 Å². The van der Waals surface area contributed by atoms with E-state index in [0.29, 0.717) is 17.5 Å². The van der Waals surface area contributed by atoms with Gasteiger partial charge >= 0.3 is 0 Å². The minimum Gasteiger partial charge on any atom is -0.299 e. The van der Waals surface area contributed by atoms with E-state index in [4.69, 9.17) is 19.9 Å². The average Bonchev–Trinajstić information content (AvgIpc) is 3.62. The summed E-state index contributed by atoms with van der Waals surface area (Å²) in [6, 6.07) is 55.8. The average molecular weight is 655 g/mol. The molecule has 9 aromatic rings. The van der Waals surface area contributed by atoms with Crippen molar-refractivity contribution in [3.63, 3.8) is 0 Å². The molecule has 0 bridgehead atoms. The molecule has 0 aliphatic rings. The highest BCUT2D eigenvalue weighted by atomic mass is 15.0. The highest BCUT2D eigenvalue weighted by Gasteiger charge is 2.18. The van der Waals surface area contributed by atoms with Gasteiger partial charge in [-0.25, -0.2) is 19.9 Å². The van der Waals surface area contributed by atoms with Crippen LogP contribution in [-0.4, -0.2) is 29.3 Å². The Morgan fingerprint density at radius 1 is 0.353 bits per heavy atom. The number of fused-ring (bicyclic) bond motifs is 1. The molecule has 0 aliphatic heterocycles. The summed E-state index contributed by atoms with van der Waals surface area (Å²) < 4.78 is 2.16. The molecule has 9 rings (SSSR count). The quantitative estimate of drug-likeness (QED) is 0.171. The van der Waals surface area contributed by atoms with Crippen LogP contribution in [0.25, 0.3) is 84.6 Å². The van der Waals surface area contributed by atoms with E-state index >= 15 is 0 Å². The van der Waals surface area contributed by atoms with E-state index in [2.05, 4.69) is 88.4 Å². The molecule has 6 nitrogen and oxygen atoms in total. The van der Waals surface area contributed by atoms with E-state index in [9.17, 15) is 0 Å². The van der Waals surface area contributed by atoms with Crippen LogP contribution in [0.2, 0.25) is 0 Å². The van der Waals surface area contributed by atoms with Crippen molar-refractivity contribution in [2.24, 2.45) is 0 Å². The van der Waals surface area contributed by atoms with Crippen LogP contribution in [-0.2, 0) is 0 Å². The number of hydrogen-bond donors (Lipinski definition) is 0. The van der Waals surface area contributed by atoms with Crippen LogP contribution in [0.5, 0.6) is 0 Å². The molecule has 0 saturated heterocycles. The minimum atomic E-state index is 0.595. The molecule has 4 heterocycles. The van der Waals surface area contributed by atoms with Crippen molar-refractivity contribution in [2.45, 2.75) is 0 Å². The zero-order valence-electron chi connectivity index (χ0n) is 27.5. The van der Waals surface area contributed by atoms with Crippen molar-refractivity contribution in [1.82, 2.24) is 29.3 Å². The standard InChI is InChI=1S/C45H30N6/c1-4-14-31(15-5-1)42-41(47-40-23-10-11-25-51(40)42)35-21-12-20-34(26-35)37-27-38(36-22-13-24-46-30-36)29-39(28-37)45-49-43(32-16-6-2-7-17-32)48-44(50-45)33-18-8-3-9-19-33/h1-30H. The first-order chi connectivity index (χ1) is 25.3. The molecule has 51 heavy (non-hydrogen) atoms. The lowest BCUT2D eigenvalue weighted by atomic mass is 9.94. The summed E-state index contributed by atoms with van der Waals surface area (Å²) in [6.07, 6.45) is 5.76. The fourth-order valence-corrected chi connectivity index (χ4v) is 6.48. The van der Waals surface area contributed by atoms with E-state index in [-0.39, 0.29) is 0 Å². The molecular weight excluding hydrogens is 625 g/mol. The summed E-state index contributed by atoms with van der Waals surface area (Å²) in [5.74, 6) is 1.84. The lowest BCUT2D eigenvalue weighted by Gasteiger charge is -2.13. The van der Waals surface area contributed by atoms with Crippen molar-refractivity contribution in [3.8, 4) is 78.9 Å². The summed E-state index contributed by atoms with van der Waals surface area (Å²) in [5.41, 5.74) is 11.9. The van der Waals surface area contributed by atoms with Gasteiger partial charge in [0.1, 0.15) is 5.65 Å². The number of nitrogens with zero attached hydrogens (tertiary/aromatic N) is 6. The molecule has 5 aromatic carbocycles. The largest absolute Gasteiger partial charge is 0.299 e. The lowest BCUT2D eigenvalue weighted by Crippen LogP contribution is -2.00. The van der Waals surface area contributed by atoms with E-state index in [1.807, 2.05) is 97.2 Å². The van der Waals surface area contributed by atoms with Gasteiger partial charge in [0.05, 0.1) is 11.4 Å². The van der Waals surface area contributed by atoms with Crippen molar-refractivity contribution in [2.75, 3.05) is 0 Å². The maximum absolute atomic E-state index is 5.13. The number of pyridine rings is 2. The summed E-state index contributed by atoms with van der Waals surface area (Å²) in [5, 5.41) is 0. The van der Waals surface area contributed by atoms with Gasteiger partial charge in [-0.1, -0.05) is 121 Å². The Bertz CT molecular complexity index is 2560. The maximum atomic E-state index is 5.13. The molecule has 0 fully saturated rings. The molecule has 0 spiro atoms. The third-order valence-corrected chi connectivity index (χ3v) is 8.93. The normalized spacial score (nSPS) is 11.1. The summed E-state index contributed by atoms with van der Waals surface area (Å²) >= 11 is 0. The summed E-state index contributed by atoms with van der Waals surface area (Å²) in [7, 11) is 0. The van der Waals surface area contributed by atoms with Gasteiger partial charge in [-0.2, -0.15) is 0 Å². The molecule has 0 amide bonds. The van der Waals surface area contributed by atoms with Gasteiger partial charge < -0.3 is 0 Å². The van der Waals surface area contributed by atoms with Crippen molar-refractivity contribution >= 4 is 5.65 Å². The number of hydrogen-bond acceptors (Lipinski definition) is 5. The predicted octanol–water partition coefficient (Wildman–Crippen LogP) is 10.6. The molecule has 240 valence electrons. The highest BCUT2D eigenvalue weighted by molar-refractivity contribution is 5.86. The Morgan fingerprint density at radius 2 is 0.863 bits per heavy atom. The first kappa shape index (κ1) is 30.0. The molecule has 0 saturated carbocycles. The van der Waals surface area contributed by atoms with E-state index in [1.54, 1.807) is 6.20 Å². The molecule has 6 heteroatoms. The van der Waals surface area contributed by atoms with Crippen LogP contribution >= 0.6 is 0 Å². The van der Waals surface area contributed by atoms with Gasteiger partial charge in [0.2, 0.25) is 0 Å². The van der Waals surface area contributed by atoms with Gasteiger partial charge in [0.25, 0.3) is 0 Å². The van der Waals surface area contributed by atoms with Crippen LogP contribution in [0.3, 0.4) is 0 Å². The van der Waals surface area contributed by atoms with Crippen LogP contribution in [0, 0.1) is 0 Å². The van der Waals surface area contributed by atoms with E-state index in [0.717, 1.165) is 67.1 Å². The number of imidazole rings is 1. The molecular formula is C45H30N6. The SMILES string of the molecule is c1ccc(-c2nc(-c3ccccc3)nc(-c3cc(-c4cccnc4)cc(-c4cccc(-c5nc6ccccn6c5-c5ccccc5)c4)c3)n2)cc1. The number of benzene rings is 5. The molecule has 0 atom stereocenters. The Balaban J connectivity index is 1.23. The monoisotopic (exact) mass is 654 g/mol. The fourth-order valence-electron chi connectivity index (χ4n) is 6.48. The second kappa shape index (κ2) is 13.1. The molecule has 4 aromatic heterocycles. The Morgan fingerprint density at radius 3 is 1.51 bits per heavy atom. The first-order valence-corrected chi connectivity index (χ1v) is 16.8. The number of rotatable bonds is 7. The third-order valence-electron chi connectivity index (χ3n) is 8.93. The molecule has 0 aliphatic carbocycles. The zero-order chi connectivity index (χ0) is 34.0. The van der Waals surface area contributed by atoms with Crippen LogP contribution in [0.1, 0.15) is 0 Å². The third kappa shape index (κ3) is 5.96. The summed E-state index contributed by atoms with van der Waals surface area (Å²) in [6.45, 7) is 0. The maximum Gasteiger partial charge on any atom is 0.164 e. The highest BCUT2D eigenvalue weighted by Crippen LogP contribution is 2.37. The smallest absolute Gasteiger partial charge is 0.164 e. The number of aromatic nitrogens is 6. The van der Waals surface area contributed by atoms with Gasteiger partial charge in [0, 0.05) is 52.0 Å². The van der Waals surface area contributed by atoms with Crippen molar-refractivity contribution < 1.29 is 0 Å². The molecule has 0 N–H and O–H groups in total. The minimum absolute atomic E-state index is 0.595.